The highest BCUT2D eigenvalue weighted by Gasteiger charge is 2.26. The summed E-state index contributed by atoms with van der Waals surface area (Å²) in [6, 6.07) is 24.3. The number of nitrogens with zero attached hydrogens (tertiary/aromatic N) is 2. The molecule has 0 aromatic heterocycles. The number of carboxylic acids is 1. The van der Waals surface area contributed by atoms with E-state index in [-0.39, 0.29) is 52.4 Å². The van der Waals surface area contributed by atoms with Gasteiger partial charge in [-0.3, -0.25) is 19.2 Å². The fourth-order valence-corrected chi connectivity index (χ4v) is 5.68. The summed E-state index contributed by atoms with van der Waals surface area (Å²) >= 11 is 12.2. The number of aliphatic hydroxyl groups excluding tert-OH is 2. The molecule has 0 spiro atoms. The Morgan fingerprint density at radius 3 is 1.42 bits per heavy atom. The first-order valence-electron chi connectivity index (χ1n) is 17.1. The number of aliphatic hydroxyl groups is 2. The minimum Gasteiger partial charge on any atom is -0.481 e. The first-order valence-corrected chi connectivity index (χ1v) is 17.9. The van der Waals surface area contributed by atoms with Crippen LogP contribution in [0.4, 0.5) is 11.4 Å². The Kier molecular flexibility index (Phi) is 23.3. The summed E-state index contributed by atoms with van der Waals surface area (Å²) in [5.41, 5.74) is 9.98. The molecular weight excluding hydrogens is 767 g/mol. The highest BCUT2D eigenvalue weighted by Crippen LogP contribution is 2.33. The lowest BCUT2D eigenvalue weighted by Crippen LogP contribution is -2.40. The van der Waals surface area contributed by atoms with E-state index in [9.17, 15) is 29.4 Å². The zero-order valence-corrected chi connectivity index (χ0v) is 32.4. The normalized spacial score (nSPS) is 12.0. The van der Waals surface area contributed by atoms with Crippen molar-refractivity contribution in [2.45, 2.75) is 67.6 Å². The monoisotopic (exact) mass is 818 g/mol. The molecular formula is C44H52Cl2N4O7. The lowest BCUT2D eigenvalue weighted by atomic mass is 9.91. The molecule has 57 heavy (non-hydrogen) atoms. The third-order valence-corrected chi connectivity index (χ3v) is 9.65. The number of nitrogens with two attached hydrogens (primary N) is 1. The van der Waals surface area contributed by atoms with Gasteiger partial charge in [0, 0.05) is 11.1 Å². The van der Waals surface area contributed by atoms with Crippen LogP contribution in [0, 0.1) is 38.8 Å². The minimum atomic E-state index is -1.05. The molecule has 0 radical (unpaired) electrons. The van der Waals surface area contributed by atoms with Crippen molar-refractivity contribution in [2.24, 2.45) is 17.6 Å². The van der Waals surface area contributed by atoms with E-state index in [2.05, 4.69) is 15.0 Å². The number of carboxylic acid groups (broad SMARTS) is 1. The van der Waals surface area contributed by atoms with Crippen LogP contribution in [0.2, 0.25) is 10.0 Å². The van der Waals surface area contributed by atoms with Gasteiger partial charge in [-0.15, -0.1) is 0 Å². The van der Waals surface area contributed by atoms with Gasteiger partial charge in [0.05, 0.1) is 60.3 Å². The van der Waals surface area contributed by atoms with E-state index in [0.29, 0.717) is 43.7 Å². The zero-order chi connectivity index (χ0) is 41.2. The third-order valence-electron chi connectivity index (χ3n) is 8.70. The molecule has 4 rings (SSSR count). The van der Waals surface area contributed by atoms with Crippen LogP contribution in [0.5, 0.6) is 0 Å². The number of rotatable bonds is 13. The van der Waals surface area contributed by atoms with Crippen molar-refractivity contribution in [3.63, 3.8) is 0 Å². The number of carbonyl (C=O) groups excluding carboxylic acids is 3. The number of halogens is 2. The van der Waals surface area contributed by atoms with Gasteiger partial charge in [0.2, 0.25) is 17.3 Å². The second kappa shape index (κ2) is 25.7. The molecule has 0 aliphatic heterocycles. The summed E-state index contributed by atoms with van der Waals surface area (Å²) in [6.45, 7) is 20.5. The van der Waals surface area contributed by atoms with Crippen LogP contribution in [-0.2, 0) is 22.4 Å². The van der Waals surface area contributed by atoms with Crippen LogP contribution in [0.1, 0.15) is 71.7 Å². The van der Waals surface area contributed by atoms with Crippen molar-refractivity contribution in [2.75, 3.05) is 13.1 Å². The third kappa shape index (κ3) is 15.6. The standard InChI is InChI=1S/C21H21ClN2O3.C13H14ClNO3.C8H9NO.2CH4/c1-13-16(9-10-18(23-3)20(13)22)11-17(14(2)25)21(27)24-12-19(26)15-7-5-4-6-8-15;1-7-9(4-5-11(15-3)12(7)14)6-10(8(2)16)13(17)18;9-6-8(10)7-4-2-1-3-5-7;;/h4-10,14,17,25H,11-12H2,1-2H3,(H,24,27);4-5,8,10,16H,6H2,1-2H3,(H,17,18);1-5H,6,9H2;2*1H4/t14-,17+;8-,10+;;;/m00.../s1. The van der Waals surface area contributed by atoms with E-state index in [1.54, 1.807) is 74.5 Å². The largest absolute Gasteiger partial charge is 0.481 e. The maximum Gasteiger partial charge on any atom is 0.309 e. The van der Waals surface area contributed by atoms with E-state index in [4.69, 9.17) is 47.2 Å². The molecule has 0 saturated heterocycles. The highest BCUT2D eigenvalue weighted by molar-refractivity contribution is 6.34. The number of benzene rings is 4. The maximum absolute atomic E-state index is 12.5. The summed E-state index contributed by atoms with van der Waals surface area (Å²) in [6.07, 6.45) is -1.40. The molecule has 0 bridgehead atoms. The van der Waals surface area contributed by atoms with Crippen molar-refractivity contribution >= 4 is 58.0 Å². The van der Waals surface area contributed by atoms with Crippen LogP contribution in [0.3, 0.4) is 0 Å². The van der Waals surface area contributed by atoms with Crippen molar-refractivity contribution in [1.29, 1.82) is 0 Å². The van der Waals surface area contributed by atoms with E-state index >= 15 is 0 Å². The number of nitrogens with one attached hydrogen (secondary N) is 1. The Bertz CT molecular complexity index is 2030. The number of Topliss-reactive ketones (excluding diaryl/α,β-unsaturated/α-hetero) is 2. The predicted molar refractivity (Wildman–Crippen MR) is 227 cm³/mol. The van der Waals surface area contributed by atoms with Gasteiger partial charge in [-0.25, -0.2) is 9.69 Å². The summed E-state index contributed by atoms with van der Waals surface area (Å²) in [5, 5.41) is 31.8. The van der Waals surface area contributed by atoms with Gasteiger partial charge >= 0.3 is 5.97 Å². The first kappa shape index (κ1) is 51.6. The Morgan fingerprint density at radius 1 is 0.684 bits per heavy atom. The summed E-state index contributed by atoms with van der Waals surface area (Å²) < 4.78 is 0. The second-order valence-corrected chi connectivity index (χ2v) is 13.3. The quantitative estimate of drug-likeness (QED) is 0.0658. The predicted octanol–water partition coefficient (Wildman–Crippen LogP) is 8.66. The van der Waals surface area contributed by atoms with Crippen LogP contribution >= 0.6 is 23.2 Å². The van der Waals surface area contributed by atoms with Crippen molar-refractivity contribution < 1.29 is 34.5 Å². The molecule has 4 atom stereocenters. The highest BCUT2D eigenvalue weighted by atomic mass is 35.5. The van der Waals surface area contributed by atoms with Gasteiger partial charge in [0.25, 0.3) is 0 Å². The molecule has 4 aromatic carbocycles. The fourth-order valence-electron chi connectivity index (χ4n) is 5.22. The molecule has 4 aromatic rings. The zero-order valence-electron chi connectivity index (χ0n) is 30.9. The molecule has 6 N–H and O–H groups in total. The average molecular weight is 820 g/mol. The van der Waals surface area contributed by atoms with Gasteiger partial charge in [0.15, 0.2) is 11.6 Å². The van der Waals surface area contributed by atoms with E-state index in [1.165, 1.54) is 13.8 Å². The molecule has 0 fully saturated rings. The van der Waals surface area contributed by atoms with Crippen molar-refractivity contribution in [1.82, 2.24) is 5.32 Å². The fraction of sp³-hybridized carbons (Fsp3) is 0.318. The Hall–Kier alpha value is -5.40. The molecule has 0 saturated carbocycles. The molecule has 0 aliphatic rings. The lowest BCUT2D eigenvalue weighted by Gasteiger charge is -2.21. The van der Waals surface area contributed by atoms with E-state index in [1.807, 2.05) is 24.3 Å². The molecule has 1 amide bonds. The maximum atomic E-state index is 12.5. The number of hydrogen-bond donors (Lipinski definition) is 5. The molecule has 0 aliphatic carbocycles. The van der Waals surface area contributed by atoms with Crippen molar-refractivity contribution in [3.05, 3.63) is 151 Å². The van der Waals surface area contributed by atoms with E-state index < -0.39 is 35.9 Å². The molecule has 13 heteroatoms. The minimum absolute atomic E-state index is 0. The van der Waals surface area contributed by atoms with Gasteiger partial charge in [-0.2, -0.15) is 0 Å². The summed E-state index contributed by atoms with van der Waals surface area (Å²) in [7, 11) is 0. The number of ketones is 2. The molecule has 0 unspecified atom stereocenters. The van der Waals surface area contributed by atoms with Crippen molar-refractivity contribution in [3.8, 4) is 0 Å². The van der Waals surface area contributed by atoms with Gasteiger partial charge in [0.1, 0.15) is 0 Å². The van der Waals surface area contributed by atoms with Gasteiger partial charge < -0.3 is 26.4 Å². The Morgan fingerprint density at radius 2 is 1.07 bits per heavy atom. The van der Waals surface area contributed by atoms with Crippen LogP contribution < -0.4 is 11.1 Å². The van der Waals surface area contributed by atoms with Crippen LogP contribution in [-0.4, -0.2) is 64.1 Å². The molecule has 0 heterocycles. The number of hydrogen-bond acceptors (Lipinski definition) is 7. The molecule has 11 nitrogen and oxygen atoms in total. The Labute approximate surface area is 346 Å². The summed E-state index contributed by atoms with van der Waals surface area (Å²) in [4.78, 5) is 53.2. The molecule has 304 valence electrons. The Balaban J connectivity index is 0.000000900. The lowest BCUT2D eigenvalue weighted by molar-refractivity contribution is -0.145. The average Bonchev–Trinajstić information content (AvgIpc) is 3.18. The number of aliphatic carboxylic acids is 1. The number of amides is 1. The number of carbonyl (C=O) groups is 4. The second-order valence-electron chi connectivity index (χ2n) is 12.5. The van der Waals surface area contributed by atoms with Gasteiger partial charge in [-0.05, 0) is 62.8 Å². The SMILES string of the molecule is C.C.NCC(=O)c1ccccc1.[C-]#[N+]c1ccc(C[C@@H](C(=O)NCC(=O)c2ccccc2)[C@H](C)O)c(C)c1Cl.[C-]#[N+]c1ccc(C[C@@H](C(=O)O)[C@H](C)O)c(C)c1Cl. The first-order chi connectivity index (χ1) is 26.1. The van der Waals surface area contributed by atoms with Gasteiger partial charge in [-0.1, -0.05) is 123 Å². The topological polar surface area (TPSA) is 176 Å². The smallest absolute Gasteiger partial charge is 0.309 e. The van der Waals surface area contributed by atoms with E-state index in [0.717, 1.165) is 11.1 Å². The van der Waals surface area contributed by atoms with Crippen LogP contribution in [0.25, 0.3) is 9.69 Å². The van der Waals surface area contributed by atoms with Crippen LogP contribution in [0.15, 0.2) is 84.9 Å². The summed E-state index contributed by atoms with van der Waals surface area (Å²) in [5.74, 6) is -3.27.